The average molecular weight is 986 g/mol. The Kier molecular flexibility index (Phi) is 14.8. The quantitative estimate of drug-likeness (QED) is 0.0792. The zero-order valence-electron chi connectivity index (χ0n) is 41.1. The molecule has 7 atom stereocenters. The molecule has 0 N–H and O–H groups in total. The van der Waals surface area contributed by atoms with Crippen molar-refractivity contribution in [2.24, 2.45) is 23.7 Å². The number of hydrogen-bond donors (Lipinski definition) is 0. The van der Waals surface area contributed by atoms with E-state index in [0.717, 1.165) is 53.6 Å². The highest BCUT2D eigenvalue weighted by Gasteiger charge is 2.48. The standard InChI is InChI=1S/C55H66ClFN2O9S/c1-34(35(2)69(62,63)59(29-37-11-17-43(64-7)18-12-37)30-38-13-19-44(65-8)20-14-38)41-26-42(27-41)52(67-36(3)60)45-21-15-40(45)31-58-32-55(25-9-10-46-47(55)22-23-48(56)51(46)57)33-66-50-24-16-39(28-49(50)58)53(61)68-54(4,5)6/h11-14,16-20,22-24,26,28,34-35,40-41,45,52H,9-10,15,21,25,27,29-33H2,1-8H3/t34-,35-,40+,41+,45-,52+,55+/m1/s1. The molecule has 14 heteroatoms. The first-order valence-electron chi connectivity index (χ1n) is 24.1. The first kappa shape index (κ1) is 50.3. The number of carbonyl (C=O) groups excluding carboxylic acids is 2. The smallest absolute Gasteiger partial charge is 0.338 e. The number of carbonyl (C=O) groups is 2. The number of esters is 2. The Morgan fingerprint density at radius 2 is 1.58 bits per heavy atom. The van der Waals surface area contributed by atoms with Crippen molar-refractivity contribution in [2.45, 2.75) is 116 Å². The van der Waals surface area contributed by atoms with Gasteiger partial charge < -0.3 is 28.6 Å². The molecule has 4 aromatic rings. The van der Waals surface area contributed by atoms with Crippen LogP contribution in [-0.2, 0) is 49.2 Å². The van der Waals surface area contributed by atoms with Gasteiger partial charge in [0.1, 0.15) is 34.8 Å². The summed E-state index contributed by atoms with van der Waals surface area (Å²) in [6.45, 7) is 12.5. The van der Waals surface area contributed by atoms with Crippen LogP contribution in [0.25, 0.3) is 0 Å². The molecule has 0 radical (unpaired) electrons. The minimum atomic E-state index is -3.84. The summed E-state index contributed by atoms with van der Waals surface area (Å²) in [5.41, 5.74) is 4.11. The summed E-state index contributed by atoms with van der Waals surface area (Å²) in [4.78, 5) is 28.6. The van der Waals surface area contributed by atoms with Gasteiger partial charge in [0.25, 0.3) is 0 Å². The van der Waals surface area contributed by atoms with Crippen LogP contribution in [-0.4, -0.2) is 75.5 Å². The molecule has 0 saturated heterocycles. The second-order valence-corrected chi connectivity index (χ2v) is 23.3. The largest absolute Gasteiger partial charge is 0.497 e. The van der Waals surface area contributed by atoms with Gasteiger partial charge in [-0.05, 0) is 160 Å². The molecule has 1 heterocycles. The highest BCUT2D eigenvalue weighted by atomic mass is 35.5. The number of methoxy groups -OCH3 is 2. The Morgan fingerprint density at radius 1 is 0.942 bits per heavy atom. The highest BCUT2D eigenvalue weighted by Crippen LogP contribution is 2.50. The third kappa shape index (κ3) is 10.8. The fourth-order valence-corrected chi connectivity index (χ4v) is 12.8. The summed E-state index contributed by atoms with van der Waals surface area (Å²) in [7, 11) is -0.639. The van der Waals surface area contributed by atoms with Gasteiger partial charge in [-0.25, -0.2) is 17.6 Å². The van der Waals surface area contributed by atoms with E-state index in [-0.39, 0.29) is 53.6 Å². The normalized spacial score (nSPS) is 22.3. The number of anilines is 1. The molecule has 0 unspecified atom stereocenters. The van der Waals surface area contributed by atoms with E-state index in [2.05, 4.69) is 11.0 Å². The molecule has 8 rings (SSSR count). The summed E-state index contributed by atoms with van der Waals surface area (Å²) in [6.07, 6.45) is 6.10. The number of halogens is 2. The molecule has 4 aromatic carbocycles. The second-order valence-electron chi connectivity index (χ2n) is 20.6. The predicted octanol–water partition coefficient (Wildman–Crippen LogP) is 10.9. The van der Waals surface area contributed by atoms with E-state index in [1.165, 1.54) is 6.92 Å². The average Bonchev–Trinajstić information content (AvgIpc) is 3.44. The van der Waals surface area contributed by atoms with Gasteiger partial charge in [-0.15, -0.1) is 0 Å². The summed E-state index contributed by atoms with van der Waals surface area (Å²) in [5, 5.41) is -0.621. The number of ether oxygens (including phenoxy) is 5. The van der Waals surface area contributed by atoms with Crippen molar-refractivity contribution < 1.29 is 46.1 Å². The topological polar surface area (TPSA) is 121 Å². The molecule has 1 saturated carbocycles. The van der Waals surface area contributed by atoms with E-state index in [1.807, 2.05) is 94.4 Å². The van der Waals surface area contributed by atoms with Gasteiger partial charge in [0, 0.05) is 44.4 Å². The summed E-state index contributed by atoms with van der Waals surface area (Å²) < 4.78 is 76.0. The maximum absolute atomic E-state index is 15.7. The van der Waals surface area contributed by atoms with Crippen molar-refractivity contribution in [3.8, 4) is 17.2 Å². The van der Waals surface area contributed by atoms with E-state index >= 15 is 4.39 Å². The molecule has 370 valence electrons. The predicted molar refractivity (Wildman–Crippen MR) is 266 cm³/mol. The maximum atomic E-state index is 15.7. The van der Waals surface area contributed by atoms with Crippen LogP contribution in [0.1, 0.15) is 106 Å². The van der Waals surface area contributed by atoms with Crippen molar-refractivity contribution in [3.63, 3.8) is 0 Å². The van der Waals surface area contributed by atoms with E-state index in [1.54, 1.807) is 37.6 Å². The SMILES string of the molecule is COc1ccc(CN(Cc2ccc(OC)cc2)S(=O)(=O)[C@H](C)[C@@H](C)[C@H]2C=C([C@H](OC(C)=O)[C@@H]3CC[C@H]3CN3C[C@@]4(CCCc5c4ccc(Cl)c5F)COc4ccc(C(=O)OC(C)(C)C)cc43)C2)cc1. The molecule has 1 spiro atoms. The molecule has 3 aliphatic carbocycles. The Balaban J connectivity index is 1.04. The minimum absolute atomic E-state index is 0.00505. The van der Waals surface area contributed by atoms with E-state index in [9.17, 15) is 18.0 Å². The number of rotatable bonds is 16. The van der Waals surface area contributed by atoms with Crippen LogP contribution >= 0.6 is 11.6 Å². The first-order chi connectivity index (χ1) is 32.8. The lowest BCUT2D eigenvalue weighted by Gasteiger charge is -2.48. The molecule has 1 fully saturated rings. The van der Waals surface area contributed by atoms with Crippen LogP contribution < -0.4 is 19.1 Å². The molecular weight excluding hydrogens is 919 g/mol. The van der Waals surface area contributed by atoms with Crippen molar-refractivity contribution in [3.05, 3.63) is 129 Å². The number of sulfonamides is 1. The van der Waals surface area contributed by atoms with Gasteiger partial charge in [0.15, 0.2) is 0 Å². The maximum Gasteiger partial charge on any atom is 0.338 e. The lowest BCUT2D eigenvalue weighted by atomic mass is 9.64. The van der Waals surface area contributed by atoms with Crippen molar-refractivity contribution in [1.29, 1.82) is 0 Å². The fourth-order valence-electron chi connectivity index (χ4n) is 10.8. The number of allylic oxidation sites excluding steroid dienone is 1. The molecule has 69 heavy (non-hydrogen) atoms. The Labute approximate surface area is 412 Å². The van der Waals surface area contributed by atoms with Crippen LogP contribution in [0.2, 0.25) is 5.02 Å². The highest BCUT2D eigenvalue weighted by molar-refractivity contribution is 7.89. The number of fused-ring (bicyclic) bond motifs is 3. The Bertz CT molecular complexity index is 2620. The number of nitrogens with zero attached hydrogens (tertiary/aromatic N) is 2. The summed E-state index contributed by atoms with van der Waals surface area (Å²) in [6, 6.07) is 23.9. The molecular formula is C55H66ClFN2O9S. The molecule has 4 aliphatic rings. The van der Waals surface area contributed by atoms with Crippen LogP contribution in [0.15, 0.2) is 90.5 Å². The lowest BCUT2D eigenvalue weighted by Crippen LogP contribution is -2.51. The second kappa shape index (κ2) is 20.3. The van der Waals surface area contributed by atoms with Gasteiger partial charge >= 0.3 is 11.9 Å². The minimum Gasteiger partial charge on any atom is -0.497 e. The fraction of sp³-hybridized carbons (Fsp3) is 0.491. The van der Waals surface area contributed by atoms with E-state index < -0.39 is 38.4 Å². The van der Waals surface area contributed by atoms with Crippen LogP contribution in [0.3, 0.4) is 0 Å². The lowest BCUT2D eigenvalue weighted by molar-refractivity contribution is -0.150. The van der Waals surface area contributed by atoms with Gasteiger partial charge in [-0.2, -0.15) is 4.31 Å². The zero-order chi connectivity index (χ0) is 49.4. The first-order valence-corrected chi connectivity index (χ1v) is 26.0. The number of benzene rings is 4. The molecule has 0 amide bonds. The Hall–Kier alpha value is -5.11. The van der Waals surface area contributed by atoms with Crippen molar-refractivity contribution >= 4 is 39.3 Å². The third-order valence-corrected chi connectivity index (χ3v) is 17.6. The van der Waals surface area contributed by atoms with Crippen LogP contribution in [0.4, 0.5) is 10.1 Å². The van der Waals surface area contributed by atoms with E-state index in [0.29, 0.717) is 60.9 Å². The molecule has 11 nitrogen and oxygen atoms in total. The molecule has 1 aliphatic heterocycles. The van der Waals surface area contributed by atoms with Gasteiger partial charge in [-0.1, -0.05) is 54.9 Å². The van der Waals surface area contributed by atoms with Crippen LogP contribution in [0, 0.1) is 29.5 Å². The monoisotopic (exact) mass is 984 g/mol. The van der Waals surface area contributed by atoms with E-state index in [4.69, 9.17) is 35.3 Å². The van der Waals surface area contributed by atoms with Gasteiger partial charge in [-0.3, -0.25) is 4.79 Å². The molecule has 0 aromatic heterocycles. The zero-order valence-corrected chi connectivity index (χ0v) is 42.6. The Morgan fingerprint density at radius 3 is 2.14 bits per heavy atom. The van der Waals surface area contributed by atoms with Crippen LogP contribution in [0.5, 0.6) is 17.2 Å². The third-order valence-electron chi connectivity index (χ3n) is 14.9. The van der Waals surface area contributed by atoms with Gasteiger partial charge in [0.05, 0.1) is 42.3 Å². The van der Waals surface area contributed by atoms with Gasteiger partial charge in [0.2, 0.25) is 10.0 Å². The number of hydrogen-bond acceptors (Lipinski definition) is 10. The van der Waals surface area contributed by atoms with Crippen molar-refractivity contribution in [2.75, 3.05) is 38.8 Å². The summed E-state index contributed by atoms with van der Waals surface area (Å²) >= 11 is 6.33. The van der Waals surface area contributed by atoms with Crippen molar-refractivity contribution in [1.82, 2.24) is 4.31 Å². The molecule has 0 bridgehead atoms. The summed E-state index contributed by atoms with van der Waals surface area (Å²) in [5.74, 6) is 0.603.